The second kappa shape index (κ2) is 4.11. The topological polar surface area (TPSA) is 29.1 Å². The summed E-state index contributed by atoms with van der Waals surface area (Å²) in [5, 5.41) is 3.30. The molecule has 1 amide bonds. The van der Waals surface area contributed by atoms with Crippen LogP contribution in [-0.4, -0.2) is 11.4 Å². The smallest absolute Gasteiger partial charge is 0.223 e. The summed E-state index contributed by atoms with van der Waals surface area (Å²) in [4.78, 5) is 12.1. The number of rotatable bonds is 1. The van der Waals surface area contributed by atoms with Crippen molar-refractivity contribution in [3.63, 3.8) is 0 Å². The van der Waals surface area contributed by atoms with Crippen molar-refractivity contribution in [2.75, 3.05) is 0 Å². The maximum Gasteiger partial charge on any atom is 0.223 e. The summed E-state index contributed by atoms with van der Waals surface area (Å²) in [5.74, 6) is 0.696. The summed E-state index contributed by atoms with van der Waals surface area (Å²) in [5.41, 5.74) is 2.66. The van der Waals surface area contributed by atoms with Gasteiger partial charge in [-0.3, -0.25) is 4.79 Å². The fourth-order valence-electron chi connectivity index (χ4n) is 3.89. The number of hydrogen-bond donors (Lipinski definition) is 1. The molecule has 1 aromatic rings. The Morgan fingerprint density at radius 2 is 1.78 bits per heavy atom. The second-order valence-corrected chi connectivity index (χ2v) is 6.03. The Labute approximate surface area is 109 Å². The van der Waals surface area contributed by atoms with E-state index in [0.29, 0.717) is 5.92 Å². The fourth-order valence-corrected chi connectivity index (χ4v) is 3.89. The van der Waals surface area contributed by atoms with Gasteiger partial charge in [0.1, 0.15) is 0 Å². The third-order valence-corrected chi connectivity index (χ3v) is 4.81. The summed E-state index contributed by atoms with van der Waals surface area (Å²) in [6, 6.07) is 8.73. The zero-order valence-electron chi connectivity index (χ0n) is 11.2. The van der Waals surface area contributed by atoms with Gasteiger partial charge in [-0.15, -0.1) is 0 Å². The fraction of sp³-hybridized carbons (Fsp3) is 0.562. The van der Waals surface area contributed by atoms with Gasteiger partial charge in [-0.05, 0) is 25.3 Å². The van der Waals surface area contributed by atoms with Gasteiger partial charge in [-0.25, -0.2) is 0 Å². The van der Waals surface area contributed by atoms with Crippen molar-refractivity contribution in [1.82, 2.24) is 5.32 Å². The Morgan fingerprint density at radius 3 is 2.39 bits per heavy atom. The molecule has 1 heterocycles. The molecule has 1 unspecified atom stereocenters. The molecule has 2 heteroatoms. The van der Waals surface area contributed by atoms with E-state index in [-0.39, 0.29) is 17.4 Å². The Balaban J connectivity index is 2.01. The molecular formula is C16H21NO. The Bertz CT molecular complexity index is 456. The molecule has 0 bridgehead atoms. The first-order valence-electron chi connectivity index (χ1n) is 7.01. The zero-order chi connectivity index (χ0) is 12.8. The van der Waals surface area contributed by atoms with E-state index < -0.39 is 0 Å². The van der Waals surface area contributed by atoms with Gasteiger partial charge in [0.25, 0.3) is 0 Å². The summed E-state index contributed by atoms with van der Waals surface area (Å²) in [6.45, 7) is 4.18. The molecular weight excluding hydrogens is 222 g/mol. The van der Waals surface area contributed by atoms with Crippen LogP contribution in [0.3, 0.4) is 0 Å². The van der Waals surface area contributed by atoms with Crippen molar-refractivity contribution >= 4 is 5.91 Å². The van der Waals surface area contributed by atoms with E-state index in [4.69, 9.17) is 0 Å². The van der Waals surface area contributed by atoms with Crippen molar-refractivity contribution in [3.05, 3.63) is 35.4 Å². The lowest BCUT2D eigenvalue weighted by molar-refractivity contribution is -0.122. The minimum atomic E-state index is 0.0474. The number of aryl methyl sites for hydroxylation is 1. The first-order chi connectivity index (χ1) is 8.62. The molecule has 1 aliphatic heterocycles. The van der Waals surface area contributed by atoms with Gasteiger partial charge < -0.3 is 5.32 Å². The number of amides is 1. The van der Waals surface area contributed by atoms with Crippen LogP contribution < -0.4 is 5.32 Å². The normalized spacial score (nSPS) is 29.8. The molecule has 3 rings (SSSR count). The molecule has 2 atom stereocenters. The van der Waals surface area contributed by atoms with Crippen LogP contribution in [0.5, 0.6) is 0 Å². The highest BCUT2D eigenvalue weighted by molar-refractivity contribution is 5.84. The van der Waals surface area contributed by atoms with Gasteiger partial charge in [-0.1, -0.05) is 49.6 Å². The largest absolute Gasteiger partial charge is 0.350 e. The van der Waals surface area contributed by atoms with Crippen molar-refractivity contribution in [2.24, 2.45) is 5.92 Å². The number of carbonyl (C=O) groups excluding carboxylic acids is 1. The van der Waals surface area contributed by atoms with E-state index in [1.807, 2.05) is 0 Å². The molecule has 0 aromatic heterocycles. The predicted molar refractivity (Wildman–Crippen MR) is 72.4 cm³/mol. The van der Waals surface area contributed by atoms with E-state index in [2.05, 4.69) is 43.4 Å². The van der Waals surface area contributed by atoms with Crippen LogP contribution in [0.25, 0.3) is 0 Å². The third kappa shape index (κ3) is 1.66. The lowest BCUT2D eigenvalue weighted by Gasteiger charge is -2.32. The van der Waals surface area contributed by atoms with Crippen LogP contribution in [0, 0.1) is 12.8 Å². The number of benzene rings is 1. The Hall–Kier alpha value is -1.31. The van der Waals surface area contributed by atoms with Crippen LogP contribution in [0.4, 0.5) is 0 Å². The molecule has 1 spiro atoms. The number of hydrogen-bond acceptors (Lipinski definition) is 1. The molecule has 0 radical (unpaired) electrons. The summed E-state index contributed by atoms with van der Waals surface area (Å²) >= 11 is 0. The number of carbonyl (C=O) groups is 1. The average Bonchev–Trinajstić information content (AvgIpc) is 2.89. The molecule has 1 aliphatic carbocycles. The third-order valence-electron chi connectivity index (χ3n) is 4.81. The molecule has 1 saturated carbocycles. The molecule has 1 saturated heterocycles. The van der Waals surface area contributed by atoms with E-state index in [1.54, 1.807) is 0 Å². The van der Waals surface area contributed by atoms with Gasteiger partial charge >= 0.3 is 0 Å². The summed E-state index contributed by atoms with van der Waals surface area (Å²) in [6.07, 6.45) is 4.77. The van der Waals surface area contributed by atoms with Gasteiger partial charge in [-0.2, -0.15) is 0 Å². The van der Waals surface area contributed by atoms with Crippen LogP contribution in [0.15, 0.2) is 24.3 Å². The highest BCUT2D eigenvalue weighted by atomic mass is 16.2. The summed E-state index contributed by atoms with van der Waals surface area (Å²) < 4.78 is 0. The highest BCUT2D eigenvalue weighted by Gasteiger charge is 2.52. The van der Waals surface area contributed by atoms with Crippen molar-refractivity contribution in [2.45, 2.75) is 51.0 Å². The minimum absolute atomic E-state index is 0.0474. The van der Waals surface area contributed by atoms with Gasteiger partial charge in [0.05, 0.1) is 0 Å². The molecule has 1 N–H and O–H groups in total. The van der Waals surface area contributed by atoms with Crippen LogP contribution in [0.2, 0.25) is 0 Å². The van der Waals surface area contributed by atoms with E-state index in [9.17, 15) is 4.79 Å². The SMILES string of the molecule is Cc1ccc(C2[C@H](C)C(=O)NC23CCCC3)cc1. The maximum atomic E-state index is 12.1. The average molecular weight is 243 g/mol. The highest BCUT2D eigenvalue weighted by Crippen LogP contribution is 2.49. The van der Waals surface area contributed by atoms with E-state index >= 15 is 0 Å². The van der Waals surface area contributed by atoms with Gasteiger partial charge in [0.15, 0.2) is 0 Å². The lowest BCUT2D eigenvalue weighted by Crippen LogP contribution is -2.42. The van der Waals surface area contributed by atoms with Gasteiger partial charge in [0, 0.05) is 17.4 Å². The van der Waals surface area contributed by atoms with Crippen molar-refractivity contribution < 1.29 is 4.79 Å². The predicted octanol–water partition coefficient (Wildman–Crippen LogP) is 3.16. The molecule has 2 nitrogen and oxygen atoms in total. The molecule has 1 aromatic carbocycles. The quantitative estimate of drug-likeness (QED) is 0.806. The first-order valence-corrected chi connectivity index (χ1v) is 7.01. The monoisotopic (exact) mass is 243 g/mol. The van der Waals surface area contributed by atoms with E-state index in [0.717, 1.165) is 12.8 Å². The molecule has 2 aliphatic rings. The Morgan fingerprint density at radius 1 is 1.17 bits per heavy atom. The molecule has 96 valence electrons. The molecule has 2 fully saturated rings. The lowest BCUT2D eigenvalue weighted by atomic mass is 9.75. The second-order valence-electron chi connectivity index (χ2n) is 6.03. The standard InChI is InChI=1S/C16H21NO/c1-11-5-7-13(8-6-11)14-12(2)15(18)17-16(14)9-3-4-10-16/h5-8,12,14H,3-4,9-10H2,1-2H3,(H,17,18)/t12-,14?/m0/s1. The first kappa shape index (κ1) is 11.8. The van der Waals surface area contributed by atoms with Crippen LogP contribution >= 0.6 is 0 Å². The van der Waals surface area contributed by atoms with E-state index in [1.165, 1.54) is 24.0 Å². The summed E-state index contributed by atoms with van der Waals surface area (Å²) in [7, 11) is 0. The van der Waals surface area contributed by atoms with Crippen molar-refractivity contribution in [3.8, 4) is 0 Å². The minimum Gasteiger partial charge on any atom is -0.350 e. The zero-order valence-corrected chi connectivity index (χ0v) is 11.2. The van der Waals surface area contributed by atoms with Crippen LogP contribution in [-0.2, 0) is 4.79 Å². The molecule has 18 heavy (non-hydrogen) atoms. The maximum absolute atomic E-state index is 12.1. The van der Waals surface area contributed by atoms with Crippen LogP contribution in [0.1, 0.15) is 49.7 Å². The van der Waals surface area contributed by atoms with Gasteiger partial charge in [0.2, 0.25) is 5.91 Å². The number of nitrogens with one attached hydrogen (secondary N) is 1. The van der Waals surface area contributed by atoms with Crippen molar-refractivity contribution in [1.29, 1.82) is 0 Å². The Kier molecular flexibility index (Phi) is 2.69.